The largest absolute Gasteiger partial charge is 0.479 e. The average molecular weight is 660 g/mol. The van der Waals surface area contributed by atoms with Crippen molar-refractivity contribution in [2.24, 2.45) is 0 Å². The highest BCUT2D eigenvalue weighted by Crippen LogP contribution is 2.31. The van der Waals surface area contributed by atoms with Gasteiger partial charge in [-0.25, -0.2) is 4.79 Å². The zero-order chi connectivity index (χ0) is 34.4. The van der Waals surface area contributed by atoms with Crippen LogP contribution in [-0.4, -0.2) is 88.0 Å². The maximum absolute atomic E-state index is 12.7. The first kappa shape index (κ1) is 41.8. The molecule has 1 aromatic rings. The van der Waals surface area contributed by atoms with Crippen LogP contribution < -0.4 is 20.1 Å². The van der Waals surface area contributed by atoms with Gasteiger partial charge in [0.25, 0.3) is 0 Å². The summed E-state index contributed by atoms with van der Waals surface area (Å²) in [5.74, 6) is -2.86. The van der Waals surface area contributed by atoms with Crippen molar-refractivity contribution >= 4 is 41.4 Å². The van der Waals surface area contributed by atoms with Crippen molar-refractivity contribution in [1.29, 1.82) is 0 Å². The SMILES string of the molecule is C=CSNCCCCCC(=O)NCCC(=O)Nc1cc(COC(C)=O)ccc1OC1OC(C(=O)O)[C@@H](O)C(O)[C@H]1O.CC.CC. The summed E-state index contributed by atoms with van der Waals surface area (Å²) >= 11 is 1.41. The molecular weight excluding hydrogens is 610 g/mol. The summed E-state index contributed by atoms with van der Waals surface area (Å²) in [4.78, 5) is 47.3. The third-order valence-corrected chi connectivity index (χ3v) is 6.38. The van der Waals surface area contributed by atoms with Crippen LogP contribution in [0, 0.1) is 0 Å². The second kappa shape index (κ2) is 24.1. The van der Waals surface area contributed by atoms with Crippen LogP contribution >= 0.6 is 11.9 Å². The molecule has 1 fully saturated rings. The van der Waals surface area contributed by atoms with Gasteiger partial charge >= 0.3 is 11.9 Å². The third kappa shape index (κ3) is 16.1. The van der Waals surface area contributed by atoms with Crippen LogP contribution in [0.5, 0.6) is 5.75 Å². The van der Waals surface area contributed by atoms with E-state index < -0.39 is 48.6 Å². The Bertz CT molecular complexity index is 1060. The van der Waals surface area contributed by atoms with Gasteiger partial charge in [-0.05, 0) is 35.9 Å². The lowest BCUT2D eigenvalue weighted by Crippen LogP contribution is -2.61. The molecule has 1 saturated heterocycles. The van der Waals surface area contributed by atoms with Crippen molar-refractivity contribution < 1.29 is 53.8 Å². The maximum atomic E-state index is 12.7. The Morgan fingerprint density at radius 3 is 2.27 bits per heavy atom. The number of anilines is 1. The number of ether oxygens (including phenoxy) is 3. The second-order valence-electron chi connectivity index (χ2n) is 9.10. The molecule has 0 aliphatic carbocycles. The fourth-order valence-electron chi connectivity index (χ4n) is 3.72. The molecule has 2 rings (SSSR count). The van der Waals surface area contributed by atoms with E-state index in [0.29, 0.717) is 18.4 Å². The van der Waals surface area contributed by atoms with E-state index >= 15 is 0 Å². The molecule has 14 nitrogen and oxygen atoms in total. The Kier molecular flexibility index (Phi) is 22.4. The molecule has 5 atom stereocenters. The summed E-state index contributed by atoms with van der Waals surface area (Å²) in [6.45, 7) is 13.6. The maximum Gasteiger partial charge on any atom is 0.335 e. The molecular formula is C30H49N3O11S. The van der Waals surface area contributed by atoms with E-state index in [1.807, 2.05) is 27.7 Å². The summed E-state index contributed by atoms with van der Waals surface area (Å²) in [5.41, 5.74) is 0.538. The lowest BCUT2D eigenvalue weighted by Gasteiger charge is -2.38. The van der Waals surface area contributed by atoms with Gasteiger partial charge in [0.15, 0.2) is 6.10 Å². The van der Waals surface area contributed by atoms with Gasteiger partial charge < -0.3 is 45.3 Å². The van der Waals surface area contributed by atoms with Crippen molar-refractivity contribution in [2.45, 2.75) is 104 Å². The fraction of sp³-hybridized carbons (Fsp3) is 0.600. The van der Waals surface area contributed by atoms with Crippen LogP contribution in [0.25, 0.3) is 0 Å². The molecule has 0 radical (unpaired) electrons. The first-order chi connectivity index (χ1) is 21.5. The number of amides is 2. The number of hydrogen-bond donors (Lipinski definition) is 7. The Hall–Kier alpha value is -3.21. The van der Waals surface area contributed by atoms with Crippen LogP contribution in [0.2, 0.25) is 0 Å². The molecule has 0 bridgehead atoms. The van der Waals surface area contributed by atoms with Gasteiger partial charge in [0.1, 0.15) is 30.7 Å². The zero-order valence-corrected chi connectivity index (χ0v) is 27.4. The number of carboxylic acids is 1. The number of aliphatic hydroxyl groups excluding tert-OH is 3. The van der Waals surface area contributed by atoms with Crippen molar-refractivity contribution in [3.8, 4) is 5.75 Å². The highest BCUT2D eigenvalue weighted by atomic mass is 32.2. The van der Waals surface area contributed by atoms with E-state index in [9.17, 15) is 39.6 Å². The number of aliphatic hydroxyl groups is 3. The van der Waals surface area contributed by atoms with Crippen LogP contribution in [0.4, 0.5) is 5.69 Å². The topological polar surface area (TPSA) is 213 Å². The fourth-order valence-corrected chi connectivity index (χ4v) is 4.10. The van der Waals surface area contributed by atoms with E-state index in [2.05, 4.69) is 21.9 Å². The van der Waals surface area contributed by atoms with Crippen molar-refractivity contribution in [3.63, 3.8) is 0 Å². The standard InChI is InChI=1S/C26H37N3O11S.2C2H6/c1-3-41-28-11-6-4-5-7-19(31)27-12-10-20(32)29-17-13-16(14-38-15(2)30)8-9-18(17)39-26-23(35)21(33)22(34)24(40-26)25(36)37;2*1-2/h3,8-9,13,21-24,26,28,33-35H,1,4-7,10-12,14H2,2H3,(H,27,31)(H,29,32)(H,36,37);2*1-2H3/t21?,22-,23+,24?,26?;;/m0../s1. The monoisotopic (exact) mass is 659 g/mol. The molecule has 15 heteroatoms. The second-order valence-corrected chi connectivity index (χ2v) is 9.96. The number of benzene rings is 1. The van der Waals surface area contributed by atoms with Crippen LogP contribution in [0.15, 0.2) is 30.2 Å². The van der Waals surface area contributed by atoms with Crippen molar-refractivity contribution in [3.05, 3.63) is 35.7 Å². The zero-order valence-electron chi connectivity index (χ0n) is 26.6. The van der Waals surface area contributed by atoms with Gasteiger partial charge in [0, 0.05) is 32.9 Å². The van der Waals surface area contributed by atoms with Gasteiger partial charge in [-0.15, -0.1) is 0 Å². The lowest BCUT2D eigenvalue weighted by molar-refractivity contribution is -0.271. The van der Waals surface area contributed by atoms with Crippen LogP contribution in [-0.2, 0) is 35.3 Å². The highest BCUT2D eigenvalue weighted by Gasteiger charge is 2.48. The van der Waals surface area contributed by atoms with Crippen LogP contribution in [0.1, 0.15) is 72.3 Å². The van der Waals surface area contributed by atoms with E-state index in [-0.39, 0.29) is 36.9 Å². The molecule has 1 heterocycles. The summed E-state index contributed by atoms with van der Waals surface area (Å²) in [6.07, 6.45) is -6.46. The Morgan fingerprint density at radius 1 is 0.956 bits per heavy atom. The van der Waals surface area contributed by atoms with Crippen molar-refractivity contribution in [1.82, 2.24) is 10.0 Å². The number of aliphatic carboxylic acids is 1. The average Bonchev–Trinajstić information content (AvgIpc) is 3.02. The summed E-state index contributed by atoms with van der Waals surface area (Å²) < 4.78 is 18.8. The molecule has 1 aromatic carbocycles. The number of hydrogen-bond acceptors (Lipinski definition) is 12. The number of nitrogens with one attached hydrogen (secondary N) is 3. The van der Waals surface area contributed by atoms with E-state index in [1.165, 1.54) is 37.1 Å². The highest BCUT2D eigenvalue weighted by molar-refractivity contribution is 8.00. The summed E-state index contributed by atoms with van der Waals surface area (Å²) in [6, 6.07) is 4.30. The number of carbonyl (C=O) groups excluding carboxylic acids is 3. The molecule has 3 unspecified atom stereocenters. The van der Waals surface area contributed by atoms with E-state index in [4.69, 9.17) is 14.2 Å². The van der Waals surface area contributed by atoms with Crippen LogP contribution in [0.3, 0.4) is 0 Å². The minimum atomic E-state index is -1.90. The Labute approximate surface area is 269 Å². The molecule has 256 valence electrons. The molecule has 1 aliphatic rings. The summed E-state index contributed by atoms with van der Waals surface area (Å²) in [7, 11) is 0. The molecule has 2 amide bonds. The normalized spacial score (nSPS) is 20.2. The minimum absolute atomic E-state index is 0.0632. The Morgan fingerprint density at radius 2 is 1.64 bits per heavy atom. The predicted molar refractivity (Wildman–Crippen MR) is 170 cm³/mol. The smallest absolute Gasteiger partial charge is 0.335 e. The first-order valence-electron chi connectivity index (χ1n) is 14.9. The Balaban J connectivity index is 0.00000464. The van der Waals surface area contributed by atoms with E-state index in [0.717, 1.165) is 19.4 Å². The number of carbonyl (C=O) groups is 4. The predicted octanol–water partition coefficient (Wildman–Crippen LogP) is 2.46. The quantitative estimate of drug-likeness (QED) is 0.0728. The van der Waals surface area contributed by atoms with Gasteiger partial charge in [-0.1, -0.05) is 58.7 Å². The van der Waals surface area contributed by atoms with E-state index in [1.54, 1.807) is 5.41 Å². The summed E-state index contributed by atoms with van der Waals surface area (Å²) in [5, 5.41) is 46.5. The number of esters is 1. The molecule has 45 heavy (non-hydrogen) atoms. The van der Waals surface area contributed by atoms with Gasteiger partial charge in [-0.3, -0.25) is 19.1 Å². The molecule has 7 N–H and O–H groups in total. The number of carboxylic acid groups (broad SMARTS) is 1. The van der Waals surface area contributed by atoms with Gasteiger partial charge in [0.05, 0.1) is 5.69 Å². The molecule has 1 aliphatic heterocycles. The lowest BCUT2D eigenvalue weighted by atomic mass is 9.99. The number of rotatable bonds is 17. The number of unbranched alkanes of at least 4 members (excludes halogenated alkanes) is 2. The molecule has 0 aromatic heterocycles. The molecule has 0 saturated carbocycles. The van der Waals surface area contributed by atoms with Gasteiger partial charge in [0.2, 0.25) is 18.1 Å². The van der Waals surface area contributed by atoms with Crippen molar-refractivity contribution in [2.75, 3.05) is 18.4 Å². The van der Waals surface area contributed by atoms with Gasteiger partial charge in [-0.2, -0.15) is 0 Å². The minimum Gasteiger partial charge on any atom is -0.479 e. The first-order valence-corrected chi connectivity index (χ1v) is 15.8. The molecule has 0 spiro atoms. The third-order valence-electron chi connectivity index (χ3n) is 5.84.